The van der Waals surface area contributed by atoms with Gasteiger partial charge in [0.2, 0.25) is 0 Å². The molecule has 0 aliphatic carbocycles. The smallest absolute Gasteiger partial charge is 0.271 e. The summed E-state index contributed by atoms with van der Waals surface area (Å²) in [5, 5.41) is 16.3. The molecule has 0 spiro atoms. The van der Waals surface area contributed by atoms with Gasteiger partial charge >= 0.3 is 0 Å². The van der Waals surface area contributed by atoms with Gasteiger partial charge in [-0.15, -0.1) is 0 Å². The standard InChI is InChI=1S/C21H17N3O5/c1-29-19-11-10-17(24(27)28)13-18(19)23-21(26)15-8-5-9-16(12-15)22-20(25)14-6-3-2-4-7-14/h2-13H,1H3,(H,22,25)(H,23,26). The number of nitro groups is 1. The molecule has 8 heteroatoms. The zero-order valence-corrected chi connectivity index (χ0v) is 15.4. The summed E-state index contributed by atoms with van der Waals surface area (Å²) in [5.74, 6) is -0.513. The third-order valence-electron chi connectivity index (χ3n) is 4.06. The summed E-state index contributed by atoms with van der Waals surface area (Å²) < 4.78 is 5.15. The Bertz CT molecular complexity index is 1070. The molecule has 0 bridgehead atoms. The fraction of sp³-hybridized carbons (Fsp3) is 0.0476. The zero-order valence-electron chi connectivity index (χ0n) is 15.4. The molecule has 29 heavy (non-hydrogen) atoms. The summed E-state index contributed by atoms with van der Waals surface area (Å²) in [6.45, 7) is 0. The largest absolute Gasteiger partial charge is 0.495 e. The Morgan fingerprint density at radius 3 is 2.24 bits per heavy atom. The number of amides is 2. The van der Waals surface area contributed by atoms with E-state index < -0.39 is 10.8 Å². The molecular formula is C21H17N3O5. The predicted octanol–water partition coefficient (Wildman–Crippen LogP) is 4.11. The number of hydrogen-bond donors (Lipinski definition) is 2. The van der Waals surface area contributed by atoms with Crippen molar-refractivity contribution in [2.45, 2.75) is 0 Å². The number of carbonyl (C=O) groups excluding carboxylic acids is 2. The molecule has 0 aromatic heterocycles. The lowest BCUT2D eigenvalue weighted by molar-refractivity contribution is -0.384. The maximum Gasteiger partial charge on any atom is 0.271 e. The van der Waals surface area contributed by atoms with Crippen molar-refractivity contribution >= 4 is 28.9 Å². The Kier molecular flexibility index (Phi) is 5.84. The first-order valence-electron chi connectivity index (χ1n) is 8.58. The van der Waals surface area contributed by atoms with Gasteiger partial charge in [-0.05, 0) is 36.4 Å². The van der Waals surface area contributed by atoms with E-state index in [1.165, 1.54) is 31.4 Å². The third kappa shape index (κ3) is 4.75. The van der Waals surface area contributed by atoms with Crippen LogP contribution in [0.5, 0.6) is 5.75 Å². The number of hydrogen-bond acceptors (Lipinski definition) is 5. The Labute approximate surface area is 166 Å². The first-order chi connectivity index (χ1) is 14.0. The number of nitro benzene ring substituents is 1. The highest BCUT2D eigenvalue weighted by Gasteiger charge is 2.15. The van der Waals surface area contributed by atoms with Crippen molar-refractivity contribution in [1.29, 1.82) is 0 Å². The van der Waals surface area contributed by atoms with Crippen LogP contribution in [0.3, 0.4) is 0 Å². The van der Waals surface area contributed by atoms with Crippen molar-refractivity contribution in [2.24, 2.45) is 0 Å². The van der Waals surface area contributed by atoms with Crippen molar-refractivity contribution in [3.8, 4) is 5.75 Å². The molecule has 0 saturated heterocycles. The number of benzene rings is 3. The highest BCUT2D eigenvalue weighted by Crippen LogP contribution is 2.29. The van der Waals surface area contributed by atoms with E-state index in [0.29, 0.717) is 11.3 Å². The highest BCUT2D eigenvalue weighted by atomic mass is 16.6. The lowest BCUT2D eigenvalue weighted by Crippen LogP contribution is -2.15. The second kappa shape index (κ2) is 8.66. The highest BCUT2D eigenvalue weighted by molar-refractivity contribution is 6.07. The summed E-state index contributed by atoms with van der Waals surface area (Å²) >= 11 is 0. The van der Waals surface area contributed by atoms with Crippen molar-refractivity contribution < 1.29 is 19.2 Å². The summed E-state index contributed by atoms with van der Waals surface area (Å²) in [7, 11) is 1.40. The second-order valence-electron chi connectivity index (χ2n) is 6.00. The van der Waals surface area contributed by atoms with Crippen molar-refractivity contribution in [1.82, 2.24) is 0 Å². The summed E-state index contributed by atoms with van der Waals surface area (Å²) in [6.07, 6.45) is 0. The Hall–Kier alpha value is -4.20. The molecule has 0 radical (unpaired) electrons. The number of rotatable bonds is 6. The molecule has 0 saturated carbocycles. The minimum atomic E-state index is -0.561. The third-order valence-corrected chi connectivity index (χ3v) is 4.06. The lowest BCUT2D eigenvalue weighted by Gasteiger charge is -2.11. The van der Waals surface area contributed by atoms with Crippen molar-refractivity contribution in [3.63, 3.8) is 0 Å². The first kappa shape index (κ1) is 19.6. The van der Waals surface area contributed by atoms with Gasteiger partial charge in [0.1, 0.15) is 5.75 Å². The molecule has 3 rings (SSSR count). The van der Waals surface area contributed by atoms with Gasteiger partial charge in [-0.25, -0.2) is 0 Å². The van der Waals surface area contributed by atoms with Crippen LogP contribution in [0.25, 0.3) is 0 Å². The van der Waals surface area contributed by atoms with E-state index in [0.717, 1.165) is 0 Å². The maximum atomic E-state index is 12.6. The monoisotopic (exact) mass is 391 g/mol. The van der Waals surface area contributed by atoms with E-state index in [2.05, 4.69) is 10.6 Å². The van der Waals surface area contributed by atoms with Crippen LogP contribution in [0, 0.1) is 10.1 Å². The van der Waals surface area contributed by atoms with Crippen molar-refractivity contribution in [2.75, 3.05) is 17.7 Å². The molecule has 2 amide bonds. The van der Waals surface area contributed by atoms with Crippen molar-refractivity contribution in [3.05, 3.63) is 94.0 Å². The number of methoxy groups -OCH3 is 1. The first-order valence-corrected chi connectivity index (χ1v) is 8.58. The van der Waals surface area contributed by atoms with Gasteiger partial charge < -0.3 is 15.4 Å². The molecular weight excluding hydrogens is 374 g/mol. The molecule has 0 fully saturated rings. The molecule has 0 unspecified atom stereocenters. The molecule has 3 aromatic carbocycles. The minimum Gasteiger partial charge on any atom is -0.495 e. The van der Waals surface area contributed by atoms with E-state index >= 15 is 0 Å². The van der Waals surface area contributed by atoms with E-state index in [4.69, 9.17) is 4.74 Å². The SMILES string of the molecule is COc1ccc([N+](=O)[O-])cc1NC(=O)c1cccc(NC(=O)c2ccccc2)c1. The topological polar surface area (TPSA) is 111 Å². The average Bonchev–Trinajstić information content (AvgIpc) is 2.74. The normalized spacial score (nSPS) is 10.1. The fourth-order valence-electron chi connectivity index (χ4n) is 2.63. The molecule has 0 atom stereocenters. The van der Waals surface area contributed by atoms with Crippen LogP contribution in [0.15, 0.2) is 72.8 Å². The van der Waals surface area contributed by atoms with Crippen LogP contribution in [-0.4, -0.2) is 23.8 Å². The van der Waals surface area contributed by atoms with Gasteiger partial charge in [0.25, 0.3) is 17.5 Å². The molecule has 8 nitrogen and oxygen atoms in total. The molecule has 0 aliphatic rings. The second-order valence-corrected chi connectivity index (χ2v) is 6.00. The van der Waals surface area contributed by atoms with Gasteiger partial charge in [-0.3, -0.25) is 19.7 Å². The average molecular weight is 391 g/mol. The Balaban J connectivity index is 1.79. The molecule has 2 N–H and O–H groups in total. The van der Waals surface area contributed by atoms with Crippen LogP contribution in [0.4, 0.5) is 17.1 Å². The molecule has 0 heterocycles. The number of non-ortho nitro benzene ring substituents is 1. The fourth-order valence-corrected chi connectivity index (χ4v) is 2.63. The summed E-state index contributed by atoms with van der Waals surface area (Å²) in [5.41, 5.74) is 1.20. The van der Waals surface area contributed by atoms with E-state index in [-0.39, 0.29) is 28.6 Å². The van der Waals surface area contributed by atoms with Crippen LogP contribution < -0.4 is 15.4 Å². The van der Waals surface area contributed by atoms with Gasteiger partial charge in [-0.1, -0.05) is 24.3 Å². The quantitative estimate of drug-likeness (QED) is 0.485. The van der Waals surface area contributed by atoms with Crippen LogP contribution >= 0.6 is 0 Å². The lowest BCUT2D eigenvalue weighted by atomic mass is 10.1. The molecule has 146 valence electrons. The summed E-state index contributed by atoms with van der Waals surface area (Å²) in [4.78, 5) is 35.3. The zero-order chi connectivity index (χ0) is 20.8. The van der Waals surface area contributed by atoms with Gasteiger partial charge in [-0.2, -0.15) is 0 Å². The van der Waals surface area contributed by atoms with Gasteiger partial charge in [0.15, 0.2) is 0 Å². The minimum absolute atomic E-state index is 0.172. The predicted molar refractivity (Wildman–Crippen MR) is 108 cm³/mol. The van der Waals surface area contributed by atoms with E-state index in [1.54, 1.807) is 42.5 Å². The van der Waals surface area contributed by atoms with Crippen LogP contribution in [0.1, 0.15) is 20.7 Å². The number of carbonyl (C=O) groups is 2. The number of anilines is 2. The van der Waals surface area contributed by atoms with Gasteiger partial charge in [0, 0.05) is 28.9 Å². The molecule has 0 aliphatic heterocycles. The van der Waals surface area contributed by atoms with Gasteiger partial charge in [0.05, 0.1) is 17.7 Å². The van der Waals surface area contributed by atoms with Crippen LogP contribution in [0.2, 0.25) is 0 Å². The van der Waals surface area contributed by atoms with E-state index in [1.807, 2.05) is 6.07 Å². The Morgan fingerprint density at radius 1 is 0.862 bits per heavy atom. The number of nitrogens with one attached hydrogen (secondary N) is 2. The molecule has 3 aromatic rings. The summed E-state index contributed by atoms with van der Waals surface area (Å²) in [6, 6.07) is 19.0. The number of nitrogens with zero attached hydrogens (tertiary/aromatic N) is 1. The van der Waals surface area contributed by atoms with Crippen LogP contribution in [-0.2, 0) is 0 Å². The Morgan fingerprint density at radius 2 is 1.55 bits per heavy atom. The van der Waals surface area contributed by atoms with E-state index in [9.17, 15) is 19.7 Å². The number of ether oxygens (including phenoxy) is 1. The maximum absolute atomic E-state index is 12.6.